The average molecular weight is 273 g/mol. The third-order valence-electron chi connectivity index (χ3n) is 4.16. The minimum atomic E-state index is -0.884. The third-order valence-corrected chi connectivity index (χ3v) is 4.16. The molecular weight excluding hydrogens is 254 g/mol. The lowest BCUT2D eigenvalue weighted by atomic mass is 9.78. The van der Waals surface area contributed by atoms with Crippen molar-refractivity contribution in [3.05, 3.63) is 47.6 Å². The van der Waals surface area contributed by atoms with Gasteiger partial charge in [-0.2, -0.15) is 4.98 Å². The van der Waals surface area contributed by atoms with E-state index in [4.69, 9.17) is 10.3 Å². The van der Waals surface area contributed by atoms with E-state index in [2.05, 4.69) is 22.3 Å². The fraction of sp³-hybridized carbons (Fsp3) is 0.467. The first-order chi connectivity index (χ1) is 9.76. The van der Waals surface area contributed by atoms with E-state index >= 15 is 0 Å². The van der Waals surface area contributed by atoms with Crippen LogP contribution in [0.2, 0.25) is 0 Å². The Morgan fingerprint density at radius 2 is 1.95 bits per heavy atom. The Morgan fingerprint density at radius 3 is 2.60 bits per heavy atom. The molecule has 1 heterocycles. The number of hydrogen-bond donors (Lipinski definition) is 2. The van der Waals surface area contributed by atoms with Gasteiger partial charge in [-0.3, -0.25) is 0 Å². The minimum Gasteiger partial charge on any atom is -0.382 e. The molecule has 1 fully saturated rings. The molecule has 0 amide bonds. The smallest absolute Gasteiger partial charge is 0.256 e. The maximum Gasteiger partial charge on any atom is 0.256 e. The molecule has 20 heavy (non-hydrogen) atoms. The van der Waals surface area contributed by atoms with Gasteiger partial charge in [0.05, 0.1) is 5.41 Å². The molecule has 5 nitrogen and oxygen atoms in total. The van der Waals surface area contributed by atoms with Gasteiger partial charge in [0.2, 0.25) is 0 Å². The molecule has 0 radical (unpaired) electrons. The molecule has 1 aromatic heterocycles. The number of hydrogen-bond acceptors (Lipinski definition) is 5. The second-order valence-corrected chi connectivity index (χ2v) is 5.36. The molecule has 5 heteroatoms. The molecular formula is C15H19N3O2. The number of benzene rings is 1. The largest absolute Gasteiger partial charge is 0.382 e. The maximum absolute atomic E-state index is 9.72. The lowest BCUT2D eigenvalue weighted by Gasteiger charge is -2.25. The second kappa shape index (κ2) is 5.34. The quantitative estimate of drug-likeness (QED) is 0.889. The van der Waals surface area contributed by atoms with Crippen LogP contribution < -0.4 is 5.73 Å². The normalized spacial score (nSPS) is 19.1. The van der Waals surface area contributed by atoms with E-state index < -0.39 is 6.10 Å². The molecule has 0 spiro atoms. The van der Waals surface area contributed by atoms with E-state index in [1.54, 1.807) is 0 Å². The van der Waals surface area contributed by atoms with Gasteiger partial charge in [0, 0.05) is 6.54 Å². The molecule has 1 saturated carbocycles. The van der Waals surface area contributed by atoms with E-state index in [1.807, 2.05) is 18.2 Å². The SMILES string of the molecule is NCC(O)c1nc(C2(c3ccccc3)CCCC2)no1. The number of aliphatic hydroxyl groups excluding tert-OH is 1. The number of nitrogens with zero attached hydrogens (tertiary/aromatic N) is 2. The molecule has 1 atom stereocenters. The first kappa shape index (κ1) is 13.3. The van der Waals surface area contributed by atoms with Gasteiger partial charge >= 0.3 is 0 Å². The molecule has 1 aliphatic rings. The Bertz CT molecular complexity index is 562. The maximum atomic E-state index is 9.72. The summed E-state index contributed by atoms with van der Waals surface area (Å²) in [6.45, 7) is 0.0833. The monoisotopic (exact) mass is 273 g/mol. The zero-order valence-corrected chi connectivity index (χ0v) is 11.3. The van der Waals surface area contributed by atoms with Crippen molar-refractivity contribution >= 4 is 0 Å². The van der Waals surface area contributed by atoms with Crippen LogP contribution in [0.15, 0.2) is 34.9 Å². The molecule has 1 aliphatic carbocycles. The lowest BCUT2D eigenvalue weighted by molar-refractivity contribution is 0.141. The van der Waals surface area contributed by atoms with E-state index in [0.717, 1.165) is 25.7 Å². The van der Waals surface area contributed by atoms with Crippen LogP contribution in [0.1, 0.15) is 49.1 Å². The lowest BCUT2D eigenvalue weighted by Crippen LogP contribution is -2.25. The highest BCUT2D eigenvalue weighted by molar-refractivity contribution is 5.33. The molecule has 3 rings (SSSR count). The summed E-state index contributed by atoms with van der Waals surface area (Å²) in [5.41, 5.74) is 6.46. The summed E-state index contributed by atoms with van der Waals surface area (Å²) < 4.78 is 5.19. The Labute approximate surface area is 117 Å². The predicted octanol–water partition coefficient (Wildman–Crippen LogP) is 1.92. The van der Waals surface area contributed by atoms with Gasteiger partial charge in [-0.05, 0) is 18.4 Å². The fourth-order valence-corrected chi connectivity index (χ4v) is 3.04. The molecule has 1 aromatic carbocycles. The topological polar surface area (TPSA) is 85.2 Å². The van der Waals surface area contributed by atoms with Gasteiger partial charge in [0.25, 0.3) is 5.89 Å². The Balaban J connectivity index is 2.01. The first-order valence-electron chi connectivity index (χ1n) is 7.04. The van der Waals surface area contributed by atoms with Crippen LogP contribution in [-0.2, 0) is 5.41 Å². The number of aromatic nitrogens is 2. The Kier molecular flexibility index (Phi) is 3.54. The van der Waals surface area contributed by atoms with Crippen LogP contribution in [-0.4, -0.2) is 21.8 Å². The molecule has 2 aromatic rings. The summed E-state index contributed by atoms with van der Waals surface area (Å²) in [6, 6.07) is 10.3. The number of aliphatic hydroxyl groups is 1. The first-order valence-corrected chi connectivity index (χ1v) is 7.04. The van der Waals surface area contributed by atoms with Crippen molar-refractivity contribution in [3.8, 4) is 0 Å². The number of nitrogens with two attached hydrogens (primary N) is 1. The molecule has 0 aliphatic heterocycles. The zero-order chi connectivity index (χ0) is 14.0. The van der Waals surface area contributed by atoms with Gasteiger partial charge in [-0.15, -0.1) is 0 Å². The van der Waals surface area contributed by atoms with Crippen LogP contribution in [0.3, 0.4) is 0 Å². The van der Waals surface area contributed by atoms with Crippen LogP contribution in [0.5, 0.6) is 0 Å². The molecule has 0 bridgehead atoms. The van der Waals surface area contributed by atoms with Crippen molar-refractivity contribution in [3.63, 3.8) is 0 Å². The summed E-state index contributed by atoms with van der Waals surface area (Å²) in [5.74, 6) is 0.883. The van der Waals surface area contributed by atoms with Crippen molar-refractivity contribution < 1.29 is 9.63 Å². The zero-order valence-electron chi connectivity index (χ0n) is 11.3. The fourth-order valence-electron chi connectivity index (χ4n) is 3.04. The van der Waals surface area contributed by atoms with Gasteiger partial charge in [-0.25, -0.2) is 0 Å². The Hall–Kier alpha value is -1.72. The van der Waals surface area contributed by atoms with Crippen molar-refractivity contribution in [2.24, 2.45) is 5.73 Å². The van der Waals surface area contributed by atoms with E-state index in [1.165, 1.54) is 5.56 Å². The minimum absolute atomic E-state index is 0.0833. The van der Waals surface area contributed by atoms with Crippen molar-refractivity contribution in [1.82, 2.24) is 10.1 Å². The summed E-state index contributed by atoms with van der Waals surface area (Å²) in [5, 5.41) is 13.8. The predicted molar refractivity (Wildman–Crippen MR) is 74.0 cm³/mol. The molecule has 106 valence electrons. The van der Waals surface area contributed by atoms with Crippen molar-refractivity contribution in [1.29, 1.82) is 0 Å². The summed E-state index contributed by atoms with van der Waals surface area (Å²) in [6.07, 6.45) is 3.44. The summed E-state index contributed by atoms with van der Waals surface area (Å²) in [7, 11) is 0. The molecule has 1 unspecified atom stereocenters. The van der Waals surface area contributed by atoms with Crippen LogP contribution in [0.25, 0.3) is 0 Å². The van der Waals surface area contributed by atoms with E-state index in [0.29, 0.717) is 5.82 Å². The third kappa shape index (κ3) is 2.13. The van der Waals surface area contributed by atoms with Crippen LogP contribution in [0, 0.1) is 0 Å². The van der Waals surface area contributed by atoms with Crippen LogP contribution >= 0.6 is 0 Å². The molecule has 0 saturated heterocycles. The highest BCUT2D eigenvalue weighted by Crippen LogP contribution is 2.45. The van der Waals surface area contributed by atoms with Crippen LogP contribution in [0.4, 0.5) is 0 Å². The second-order valence-electron chi connectivity index (χ2n) is 5.36. The van der Waals surface area contributed by atoms with Gasteiger partial charge in [-0.1, -0.05) is 48.3 Å². The van der Waals surface area contributed by atoms with Crippen molar-refractivity contribution in [2.75, 3.05) is 6.54 Å². The Morgan fingerprint density at radius 1 is 1.25 bits per heavy atom. The highest BCUT2D eigenvalue weighted by Gasteiger charge is 2.41. The summed E-state index contributed by atoms with van der Waals surface area (Å²) in [4.78, 5) is 4.40. The molecule has 3 N–H and O–H groups in total. The van der Waals surface area contributed by atoms with E-state index in [-0.39, 0.29) is 17.9 Å². The van der Waals surface area contributed by atoms with Gasteiger partial charge in [0.15, 0.2) is 5.82 Å². The summed E-state index contributed by atoms with van der Waals surface area (Å²) >= 11 is 0. The van der Waals surface area contributed by atoms with Gasteiger partial charge in [0.1, 0.15) is 6.10 Å². The van der Waals surface area contributed by atoms with Crippen molar-refractivity contribution in [2.45, 2.75) is 37.2 Å². The highest BCUT2D eigenvalue weighted by atomic mass is 16.5. The van der Waals surface area contributed by atoms with E-state index in [9.17, 15) is 5.11 Å². The number of rotatable bonds is 4. The van der Waals surface area contributed by atoms with Gasteiger partial charge < -0.3 is 15.4 Å². The standard InChI is InChI=1S/C15H19N3O2/c16-10-12(19)13-17-14(18-20-13)15(8-4-5-9-15)11-6-2-1-3-7-11/h1-3,6-7,12,19H,4-5,8-10,16H2. The average Bonchev–Trinajstić information content (AvgIpc) is 3.17.